The molecule has 0 fully saturated rings. The van der Waals surface area contributed by atoms with E-state index in [0.717, 1.165) is 66.1 Å². The minimum absolute atomic E-state index is 0.692. The number of hydrogen-bond donors (Lipinski definition) is 0. The maximum Gasteiger partial charge on any atom is 0.136 e. The van der Waals surface area contributed by atoms with Gasteiger partial charge in [0, 0.05) is 26.6 Å². The van der Waals surface area contributed by atoms with E-state index < -0.39 is 0 Å². The van der Waals surface area contributed by atoms with Crippen molar-refractivity contribution in [3.63, 3.8) is 0 Å². The quantitative estimate of drug-likeness (QED) is 0.265. The first kappa shape index (κ1) is 18.6. The molecule has 33 heavy (non-hydrogen) atoms. The van der Waals surface area contributed by atoms with E-state index in [1.165, 1.54) is 0 Å². The Kier molecular flexibility index (Phi) is 3.93. The Morgan fingerprint density at radius 1 is 0.455 bits per heavy atom. The second kappa shape index (κ2) is 6.99. The van der Waals surface area contributed by atoms with Crippen LogP contribution < -0.4 is 0 Å². The highest BCUT2D eigenvalue weighted by Crippen LogP contribution is 2.41. The average molecular weight is 445 g/mol. The van der Waals surface area contributed by atoms with Crippen molar-refractivity contribution >= 4 is 55.5 Å². The molecule has 0 saturated heterocycles. The fourth-order valence-electron chi connectivity index (χ4n) is 4.93. The van der Waals surface area contributed by atoms with Gasteiger partial charge in [-0.05, 0) is 64.7 Å². The largest absolute Gasteiger partial charge is 0.456 e. The van der Waals surface area contributed by atoms with Gasteiger partial charge in [-0.25, -0.2) is 0 Å². The molecule has 0 aliphatic heterocycles. The topological polar surface area (TPSA) is 26.3 Å². The molecule has 156 valence electrons. The van der Waals surface area contributed by atoms with E-state index >= 15 is 0 Å². The standard InChI is InChI=1S/C30H17ClO2/c31-20-16-18(21-9-5-13-27-29(21)23-7-1-3-11-25(23)32-27)15-19(17-20)22-10-6-14-28-30(22)24-8-2-4-12-26(24)33-28/h1-17H. The van der Waals surface area contributed by atoms with Gasteiger partial charge < -0.3 is 8.83 Å². The molecule has 2 aromatic heterocycles. The summed E-state index contributed by atoms with van der Waals surface area (Å²) in [5, 5.41) is 5.11. The zero-order valence-corrected chi connectivity index (χ0v) is 18.3. The van der Waals surface area contributed by atoms with E-state index in [1.54, 1.807) is 0 Å². The van der Waals surface area contributed by atoms with E-state index in [1.807, 2.05) is 72.8 Å². The van der Waals surface area contributed by atoms with Crippen LogP contribution in [0.2, 0.25) is 5.02 Å². The van der Waals surface area contributed by atoms with Crippen LogP contribution >= 0.6 is 11.6 Å². The van der Waals surface area contributed by atoms with Gasteiger partial charge in [0.05, 0.1) is 0 Å². The second-order valence-electron chi connectivity index (χ2n) is 8.28. The van der Waals surface area contributed by atoms with Gasteiger partial charge in [0.1, 0.15) is 22.3 Å². The first-order valence-electron chi connectivity index (χ1n) is 10.9. The maximum atomic E-state index is 6.69. The van der Waals surface area contributed by atoms with Crippen molar-refractivity contribution in [2.45, 2.75) is 0 Å². The van der Waals surface area contributed by atoms with Gasteiger partial charge in [-0.3, -0.25) is 0 Å². The summed E-state index contributed by atoms with van der Waals surface area (Å²) in [6, 6.07) is 34.9. The van der Waals surface area contributed by atoms with Gasteiger partial charge >= 0.3 is 0 Å². The number of rotatable bonds is 2. The lowest BCUT2D eigenvalue weighted by Crippen LogP contribution is -1.85. The van der Waals surface area contributed by atoms with Crippen LogP contribution in [0, 0.1) is 0 Å². The number of fused-ring (bicyclic) bond motifs is 6. The molecule has 0 aliphatic rings. The summed E-state index contributed by atoms with van der Waals surface area (Å²) >= 11 is 6.69. The summed E-state index contributed by atoms with van der Waals surface area (Å²) in [6.45, 7) is 0. The summed E-state index contributed by atoms with van der Waals surface area (Å²) < 4.78 is 12.2. The molecule has 7 rings (SSSR count). The summed E-state index contributed by atoms with van der Waals surface area (Å²) in [7, 11) is 0. The summed E-state index contributed by atoms with van der Waals surface area (Å²) in [5.41, 5.74) is 7.83. The molecule has 5 aromatic carbocycles. The lowest BCUT2D eigenvalue weighted by atomic mass is 9.94. The maximum absolute atomic E-state index is 6.69. The van der Waals surface area contributed by atoms with E-state index in [4.69, 9.17) is 20.4 Å². The van der Waals surface area contributed by atoms with Crippen molar-refractivity contribution < 1.29 is 8.83 Å². The Morgan fingerprint density at radius 3 is 1.42 bits per heavy atom. The minimum Gasteiger partial charge on any atom is -0.456 e. The Labute approximate surface area is 194 Å². The number of furan rings is 2. The van der Waals surface area contributed by atoms with E-state index in [-0.39, 0.29) is 0 Å². The molecule has 0 unspecified atom stereocenters. The average Bonchev–Trinajstić information content (AvgIpc) is 3.42. The van der Waals surface area contributed by atoms with Gasteiger partial charge in [0.25, 0.3) is 0 Å². The van der Waals surface area contributed by atoms with Crippen molar-refractivity contribution in [1.29, 1.82) is 0 Å². The summed E-state index contributed by atoms with van der Waals surface area (Å²) in [6.07, 6.45) is 0. The summed E-state index contributed by atoms with van der Waals surface area (Å²) in [4.78, 5) is 0. The van der Waals surface area contributed by atoms with Crippen LogP contribution in [0.3, 0.4) is 0 Å². The molecule has 0 amide bonds. The van der Waals surface area contributed by atoms with Crippen molar-refractivity contribution in [3.05, 3.63) is 108 Å². The molecule has 0 bridgehead atoms. The lowest BCUT2D eigenvalue weighted by Gasteiger charge is -2.10. The highest BCUT2D eigenvalue weighted by molar-refractivity contribution is 6.31. The van der Waals surface area contributed by atoms with Gasteiger partial charge in [-0.1, -0.05) is 72.3 Å². The fourth-order valence-corrected chi connectivity index (χ4v) is 5.17. The predicted molar refractivity (Wildman–Crippen MR) is 137 cm³/mol. The van der Waals surface area contributed by atoms with E-state index in [9.17, 15) is 0 Å². The van der Waals surface area contributed by atoms with Crippen molar-refractivity contribution in [1.82, 2.24) is 0 Å². The Bertz CT molecular complexity index is 1710. The van der Waals surface area contributed by atoms with Crippen LogP contribution in [-0.2, 0) is 0 Å². The van der Waals surface area contributed by atoms with Crippen LogP contribution in [0.25, 0.3) is 66.1 Å². The van der Waals surface area contributed by atoms with Crippen LogP contribution in [-0.4, -0.2) is 0 Å². The Hall–Kier alpha value is -4.01. The normalized spacial score (nSPS) is 11.8. The molecule has 7 aromatic rings. The fraction of sp³-hybridized carbons (Fsp3) is 0. The van der Waals surface area contributed by atoms with Crippen LogP contribution in [0.4, 0.5) is 0 Å². The third-order valence-corrected chi connectivity index (χ3v) is 6.54. The van der Waals surface area contributed by atoms with E-state index in [2.05, 4.69) is 30.3 Å². The predicted octanol–water partition coefficient (Wildman–Crippen LogP) is 9.47. The van der Waals surface area contributed by atoms with Crippen molar-refractivity contribution in [2.75, 3.05) is 0 Å². The van der Waals surface area contributed by atoms with E-state index in [0.29, 0.717) is 5.02 Å². The van der Waals surface area contributed by atoms with Crippen molar-refractivity contribution in [3.8, 4) is 22.3 Å². The first-order chi connectivity index (χ1) is 16.3. The summed E-state index contributed by atoms with van der Waals surface area (Å²) in [5.74, 6) is 0. The zero-order chi connectivity index (χ0) is 21.9. The molecular weight excluding hydrogens is 428 g/mol. The van der Waals surface area contributed by atoms with Crippen LogP contribution in [0.15, 0.2) is 112 Å². The molecule has 0 aliphatic carbocycles. The number of hydrogen-bond acceptors (Lipinski definition) is 2. The molecule has 3 heteroatoms. The molecule has 0 spiro atoms. The number of para-hydroxylation sites is 2. The molecule has 0 radical (unpaired) electrons. The van der Waals surface area contributed by atoms with Crippen LogP contribution in [0.5, 0.6) is 0 Å². The third kappa shape index (κ3) is 2.81. The molecule has 0 N–H and O–H groups in total. The zero-order valence-electron chi connectivity index (χ0n) is 17.5. The van der Waals surface area contributed by atoms with Crippen LogP contribution in [0.1, 0.15) is 0 Å². The SMILES string of the molecule is Clc1cc(-c2cccc3oc4ccccc4c23)cc(-c2cccc3oc4ccccc4c23)c1. The van der Waals surface area contributed by atoms with Gasteiger partial charge in [-0.2, -0.15) is 0 Å². The number of halogens is 1. The molecular formula is C30H17ClO2. The highest BCUT2D eigenvalue weighted by Gasteiger charge is 2.16. The van der Waals surface area contributed by atoms with Gasteiger partial charge in [0.15, 0.2) is 0 Å². The van der Waals surface area contributed by atoms with Crippen molar-refractivity contribution in [2.24, 2.45) is 0 Å². The minimum atomic E-state index is 0.692. The second-order valence-corrected chi connectivity index (χ2v) is 8.72. The molecule has 2 heterocycles. The van der Waals surface area contributed by atoms with Gasteiger partial charge in [0.2, 0.25) is 0 Å². The number of benzene rings is 5. The Balaban J connectivity index is 1.52. The molecule has 0 saturated carbocycles. The lowest BCUT2D eigenvalue weighted by molar-refractivity contribution is 0.668. The molecule has 0 atom stereocenters. The first-order valence-corrected chi connectivity index (χ1v) is 11.3. The Morgan fingerprint density at radius 2 is 0.909 bits per heavy atom. The highest BCUT2D eigenvalue weighted by atomic mass is 35.5. The smallest absolute Gasteiger partial charge is 0.136 e. The third-order valence-electron chi connectivity index (χ3n) is 6.32. The van der Waals surface area contributed by atoms with Gasteiger partial charge in [-0.15, -0.1) is 0 Å². The molecule has 2 nitrogen and oxygen atoms in total. The monoisotopic (exact) mass is 444 g/mol.